The minimum Gasteiger partial charge on any atom is -0.444 e. The maximum absolute atomic E-state index is 12.0. The van der Waals surface area contributed by atoms with Crippen LogP contribution in [0.4, 0.5) is 4.79 Å². The summed E-state index contributed by atoms with van der Waals surface area (Å²) < 4.78 is 12.1. The number of aromatic nitrogens is 1. The van der Waals surface area contributed by atoms with Gasteiger partial charge in [0.2, 0.25) is 0 Å². The number of carbonyl (C=O) groups is 1. The molecule has 7 nitrogen and oxygen atoms in total. The topological polar surface area (TPSA) is 90.5 Å². The fourth-order valence-corrected chi connectivity index (χ4v) is 2.67. The number of nitrogens with one attached hydrogen (secondary N) is 1. The van der Waals surface area contributed by atoms with Gasteiger partial charge in [-0.1, -0.05) is 15.9 Å². The van der Waals surface area contributed by atoms with Gasteiger partial charge in [-0.15, -0.1) is 0 Å². The summed E-state index contributed by atoms with van der Waals surface area (Å²) in [4.78, 5) is 35.3. The molecule has 1 aromatic heterocycles. The minimum atomic E-state index is -0.681. The Morgan fingerprint density at radius 2 is 2.00 bits per heavy atom. The van der Waals surface area contributed by atoms with Crippen molar-refractivity contribution in [2.45, 2.75) is 45.8 Å². The number of nitrogens with zero attached hydrogens (tertiary/aromatic N) is 1. The molecule has 0 aliphatic carbocycles. The number of hydrogen-bond acceptors (Lipinski definition) is 5. The van der Waals surface area contributed by atoms with E-state index in [2.05, 4.69) is 21.2 Å². The molecule has 2 aromatic rings. The Kier molecular flexibility index (Phi) is 6.05. The molecule has 0 aliphatic rings. The summed E-state index contributed by atoms with van der Waals surface area (Å²) in [6, 6.07) is 5.10. The molecule has 0 atom stereocenters. The Bertz CT molecular complexity index is 879. The highest BCUT2D eigenvalue weighted by Crippen LogP contribution is 2.16. The second-order valence-corrected chi connectivity index (χ2v) is 7.52. The zero-order valence-electron chi connectivity index (χ0n) is 14.4. The van der Waals surface area contributed by atoms with Gasteiger partial charge in [-0.05, 0) is 51.8 Å². The highest BCUT2D eigenvalue weighted by Gasteiger charge is 2.15. The van der Waals surface area contributed by atoms with Crippen molar-refractivity contribution in [2.75, 3.05) is 6.54 Å². The Balaban J connectivity index is 1.97. The monoisotopic (exact) mass is 412 g/mol. The van der Waals surface area contributed by atoms with E-state index in [4.69, 9.17) is 9.15 Å². The van der Waals surface area contributed by atoms with Gasteiger partial charge in [0.1, 0.15) is 5.60 Å². The van der Waals surface area contributed by atoms with Gasteiger partial charge in [0.25, 0.3) is 0 Å². The van der Waals surface area contributed by atoms with Crippen LogP contribution in [-0.4, -0.2) is 22.8 Å². The highest BCUT2D eigenvalue weighted by atomic mass is 79.9. The number of fused-ring (bicyclic) bond motifs is 1. The van der Waals surface area contributed by atoms with Crippen LogP contribution in [0.25, 0.3) is 10.9 Å². The van der Waals surface area contributed by atoms with Gasteiger partial charge in [-0.3, -0.25) is 4.57 Å². The molecule has 1 N–H and O–H groups in total. The number of alkyl carbamates (subject to hydrolysis) is 1. The number of aryl methyl sites for hydroxylation is 1. The molecule has 2 rings (SSSR count). The highest BCUT2D eigenvalue weighted by molar-refractivity contribution is 9.10. The molecular formula is C17H21BrN2O5. The molecule has 136 valence electrons. The fraction of sp³-hybridized carbons (Fsp3) is 0.471. The Labute approximate surface area is 153 Å². The molecule has 0 spiro atoms. The van der Waals surface area contributed by atoms with Crippen LogP contribution in [0.5, 0.6) is 0 Å². The molecule has 1 amide bonds. The summed E-state index contributed by atoms with van der Waals surface area (Å²) in [7, 11) is 0. The first-order valence-electron chi connectivity index (χ1n) is 7.97. The van der Waals surface area contributed by atoms with Crippen molar-refractivity contribution < 1.29 is 13.9 Å². The van der Waals surface area contributed by atoms with Crippen molar-refractivity contribution in [3.8, 4) is 0 Å². The van der Waals surface area contributed by atoms with Crippen LogP contribution >= 0.6 is 15.9 Å². The lowest BCUT2D eigenvalue weighted by atomic mass is 10.2. The van der Waals surface area contributed by atoms with Crippen molar-refractivity contribution in [3.63, 3.8) is 0 Å². The summed E-state index contributed by atoms with van der Waals surface area (Å²) in [6.45, 7) is 6.21. The van der Waals surface area contributed by atoms with Gasteiger partial charge in [-0.2, -0.15) is 0 Å². The molecule has 0 saturated heterocycles. The van der Waals surface area contributed by atoms with E-state index in [1.54, 1.807) is 39.0 Å². The molecule has 0 fully saturated rings. The molecule has 0 radical (unpaired) electrons. The van der Waals surface area contributed by atoms with E-state index in [0.29, 0.717) is 36.8 Å². The number of hydrogen-bond donors (Lipinski definition) is 1. The molecule has 1 heterocycles. The van der Waals surface area contributed by atoms with E-state index in [9.17, 15) is 14.4 Å². The van der Waals surface area contributed by atoms with Crippen LogP contribution in [0.2, 0.25) is 0 Å². The zero-order valence-corrected chi connectivity index (χ0v) is 16.0. The lowest BCUT2D eigenvalue weighted by molar-refractivity contribution is 0.0527. The van der Waals surface area contributed by atoms with Crippen molar-refractivity contribution in [3.05, 3.63) is 43.6 Å². The molecular weight excluding hydrogens is 392 g/mol. The van der Waals surface area contributed by atoms with Crippen molar-refractivity contribution in [2.24, 2.45) is 0 Å². The van der Waals surface area contributed by atoms with Gasteiger partial charge in [-0.25, -0.2) is 14.4 Å². The summed E-state index contributed by atoms with van der Waals surface area (Å²) >= 11 is 3.30. The lowest BCUT2D eigenvalue weighted by Gasteiger charge is -2.19. The predicted octanol–water partition coefficient (Wildman–Crippen LogP) is 3.02. The maximum Gasteiger partial charge on any atom is 0.422 e. The van der Waals surface area contributed by atoms with E-state index in [1.807, 2.05) is 0 Å². The second kappa shape index (κ2) is 7.86. The van der Waals surface area contributed by atoms with Gasteiger partial charge in [0, 0.05) is 17.6 Å². The number of benzene rings is 1. The third-order valence-electron chi connectivity index (χ3n) is 3.35. The first-order chi connectivity index (χ1) is 11.7. The molecule has 8 heteroatoms. The normalized spacial score (nSPS) is 11.5. The van der Waals surface area contributed by atoms with Gasteiger partial charge >= 0.3 is 17.5 Å². The third kappa shape index (κ3) is 5.45. The molecule has 0 bridgehead atoms. The number of ether oxygens (including phenoxy) is 1. The van der Waals surface area contributed by atoms with Gasteiger partial charge < -0.3 is 14.5 Å². The first-order valence-corrected chi connectivity index (χ1v) is 8.77. The summed E-state index contributed by atoms with van der Waals surface area (Å²) in [5, 5.41) is 3.01. The second-order valence-electron chi connectivity index (χ2n) is 6.60. The van der Waals surface area contributed by atoms with E-state index in [-0.39, 0.29) is 0 Å². The Hall–Kier alpha value is -2.09. The summed E-state index contributed by atoms with van der Waals surface area (Å²) in [6.07, 6.45) is 0.822. The quantitative estimate of drug-likeness (QED) is 0.762. The van der Waals surface area contributed by atoms with E-state index >= 15 is 0 Å². The van der Waals surface area contributed by atoms with E-state index in [0.717, 1.165) is 4.47 Å². The van der Waals surface area contributed by atoms with Crippen LogP contribution in [0, 0.1) is 0 Å². The number of carbonyl (C=O) groups excluding carboxylic acids is 1. The van der Waals surface area contributed by atoms with Crippen molar-refractivity contribution in [1.29, 1.82) is 0 Å². The van der Waals surface area contributed by atoms with Gasteiger partial charge in [0.15, 0.2) is 0 Å². The average molecular weight is 413 g/mol. The van der Waals surface area contributed by atoms with E-state index < -0.39 is 23.1 Å². The minimum absolute atomic E-state index is 0.348. The smallest absolute Gasteiger partial charge is 0.422 e. The van der Waals surface area contributed by atoms with Crippen LogP contribution in [-0.2, 0) is 11.3 Å². The van der Waals surface area contributed by atoms with Crippen molar-refractivity contribution in [1.82, 2.24) is 9.88 Å². The first kappa shape index (κ1) is 19.2. The van der Waals surface area contributed by atoms with Crippen LogP contribution in [0.15, 0.2) is 36.7 Å². The predicted molar refractivity (Wildman–Crippen MR) is 97.9 cm³/mol. The van der Waals surface area contributed by atoms with Crippen molar-refractivity contribution >= 4 is 32.9 Å². The summed E-state index contributed by atoms with van der Waals surface area (Å²) in [5.74, 6) is -0.681. The number of rotatable bonds is 5. The lowest BCUT2D eigenvalue weighted by Crippen LogP contribution is -2.33. The largest absolute Gasteiger partial charge is 0.444 e. The number of amides is 1. The Morgan fingerprint density at radius 1 is 1.28 bits per heavy atom. The third-order valence-corrected chi connectivity index (χ3v) is 3.84. The van der Waals surface area contributed by atoms with Crippen LogP contribution < -0.4 is 16.7 Å². The number of unbranched alkanes of at least 4 members (excludes halogenated alkanes) is 1. The Morgan fingerprint density at radius 3 is 2.68 bits per heavy atom. The van der Waals surface area contributed by atoms with Crippen LogP contribution in [0.1, 0.15) is 33.6 Å². The maximum atomic E-state index is 12.0. The van der Waals surface area contributed by atoms with Gasteiger partial charge in [0.05, 0.1) is 10.9 Å². The molecule has 0 unspecified atom stereocenters. The standard InChI is InChI=1S/C17H21BrN2O5/c1-17(2,3)25-15(22)19-8-4-5-9-20-13-7-6-11(18)10-12(13)14(21)24-16(20)23/h6-7,10H,4-5,8-9H2,1-3H3,(H,19,22). The SMILES string of the molecule is CC(C)(C)OC(=O)NCCCCn1c(=O)oc(=O)c2cc(Br)ccc21. The zero-order chi connectivity index (χ0) is 18.6. The molecule has 1 aromatic carbocycles. The molecule has 25 heavy (non-hydrogen) atoms. The van der Waals surface area contributed by atoms with E-state index in [1.165, 1.54) is 4.57 Å². The van der Waals surface area contributed by atoms with Crippen LogP contribution in [0.3, 0.4) is 0 Å². The molecule has 0 aliphatic heterocycles. The summed E-state index contributed by atoms with van der Waals surface area (Å²) in [5.41, 5.74) is -0.653. The fourth-order valence-electron chi connectivity index (χ4n) is 2.31. The number of halogens is 1. The molecule has 0 saturated carbocycles. The average Bonchev–Trinajstić information content (AvgIpc) is 2.48.